The topological polar surface area (TPSA) is 79.4 Å². The maximum atomic E-state index is 9.39. The number of rotatable bonds is 6. The van der Waals surface area contributed by atoms with Crippen LogP contribution >= 0.6 is 0 Å². The van der Waals surface area contributed by atoms with E-state index in [1.807, 2.05) is 0 Å². The molecule has 106 valence electrons. The molecule has 2 aromatic rings. The summed E-state index contributed by atoms with van der Waals surface area (Å²) < 4.78 is 5.11. The summed E-state index contributed by atoms with van der Waals surface area (Å²) in [6, 6.07) is 4.58. The lowest BCUT2D eigenvalue weighted by atomic mass is 10.2. The van der Waals surface area contributed by atoms with Crippen molar-refractivity contribution in [1.82, 2.24) is 10.1 Å². The zero-order valence-electron chi connectivity index (χ0n) is 11.4. The van der Waals surface area contributed by atoms with Gasteiger partial charge in [0, 0.05) is 12.5 Å². The number of aromatic nitrogens is 2. The molecule has 0 saturated carbocycles. The largest absolute Gasteiger partial charge is 0.504 e. The van der Waals surface area contributed by atoms with Gasteiger partial charge in [0.25, 0.3) is 5.89 Å². The smallest absolute Gasteiger partial charge is 0.250 e. The molecule has 1 aromatic heterocycles. The van der Waals surface area contributed by atoms with E-state index in [0.29, 0.717) is 11.7 Å². The van der Waals surface area contributed by atoms with Gasteiger partial charge in [-0.05, 0) is 30.2 Å². The van der Waals surface area contributed by atoms with E-state index in [-0.39, 0.29) is 11.5 Å². The number of aromatic hydroxyl groups is 2. The standard InChI is InChI=1S/C15H18N2O3/c1-2-3-4-5-14-16-15(20-17-14)9-7-11-6-8-12(18)13(19)10-11/h6-10,18-19H,2-5H2,1H3. The van der Waals surface area contributed by atoms with Gasteiger partial charge in [-0.1, -0.05) is 31.0 Å². The van der Waals surface area contributed by atoms with Gasteiger partial charge in [-0.2, -0.15) is 4.98 Å². The minimum Gasteiger partial charge on any atom is -0.504 e. The Balaban J connectivity index is 1.98. The molecule has 2 N–H and O–H groups in total. The number of unbranched alkanes of at least 4 members (excludes halogenated alkanes) is 2. The molecular weight excluding hydrogens is 256 g/mol. The summed E-state index contributed by atoms with van der Waals surface area (Å²) in [7, 11) is 0. The fourth-order valence-electron chi connectivity index (χ4n) is 1.78. The van der Waals surface area contributed by atoms with Crippen molar-refractivity contribution in [2.24, 2.45) is 0 Å². The third kappa shape index (κ3) is 3.85. The van der Waals surface area contributed by atoms with Crippen LogP contribution < -0.4 is 0 Å². The molecule has 5 heteroatoms. The highest BCUT2D eigenvalue weighted by Gasteiger charge is 2.03. The third-order valence-corrected chi connectivity index (χ3v) is 2.91. The first-order chi connectivity index (χ1) is 9.69. The van der Waals surface area contributed by atoms with Crippen LogP contribution in [0.3, 0.4) is 0 Å². The number of phenolic OH excluding ortho intramolecular Hbond substituents is 2. The van der Waals surface area contributed by atoms with Crippen molar-refractivity contribution in [3.8, 4) is 11.5 Å². The summed E-state index contributed by atoms with van der Waals surface area (Å²) in [5.74, 6) is 0.854. The molecule has 20 heavy (non-hydrogen) atoms. The lowest BCUT2D eigenvalue weighted by Gasteiger charge is -1.97. The van der Waals surface area contributed by atoms with Gasteiger partial charge in [0.15, 0.2) is 17.3 Å². The van der Waals surface area contributed by atoms with Crippen molar-refractivity contribution in [2.75, 3.05) is 0 Å². The predicted molar refractivity (Wildman–Crippen MR) is 76.2 cm³/mol. The molecule has 0 unspecified atom stereocenters. The van der Waals surface area contributed by atoms with Gasteiger partial charge in [0.05, 0.1) is 0 Å². The van der Waals surface area contributed by atoms with Crippen LogP contribution in [0.15, 0.2) is 22.7 Å². The molecule has 0 saturated heterocycles. The molecule has 0 amide bonds. The van der Waals surface area contributed by atoms with Crippen LogP contribution in [-0.4, -0.2) is 20.4 Å². The summed E-state index contributed by atoms with van der Waals surface area (Å²) in [5.41, 5.74) is 0.742. The molecule has 0 fully saturated rings. The quantitative estimate of drug-likeness (QED) is 0.623. The normalized spacial score (nSPS) is 11.2. The van der Waals surface area contributed by atoms with E-state index in [1.54, 1.807) is 18.2 Å². The highest BCUT2D eigenvalue weighted by Crippen LogP contribution is 2.25. The molecule has 0 radical (unpaired) electrons. The second-order valence-corrected chi connectivity index (χ2v) is 4.59. The van der Waals surface area contributed by atoms with Gasteiger partial charge in [0.1, 0.15) is 0 Å². The van der Waals surface area contributed by atoms with Crippen molar-refractivity contribution < 1.29 is 14.7 Å². The lowest BCUT2D eigenvalue weighted by Crippen LogP contribution is -1.87. The number of hydrogen-bond donors (Lipinski definition) is 2. The maximum absolute atomic E-state index is 9.39. The van der Waals surface area contributed by atoms with E-state index in [2.05, 4.69) is 17.1 Å². The second kappa shape index (κ2) is 6.75. The highest BCUT2D eigenvalue weighted by molar-refractivity contribution is 5.67. The van der Waals surface area contributed by atoms with E-state index < -0.39 is 0 Å². The average molecular weight is 274 g/mol. The van der Waals surface area contributed by atoms with Crippen LogP contribution in [0.25, 0.3) is 12.2 Å². The molecule has 0 atom stereocenters. The van der Waals surface area contributed by atoms with Crippen molar-refractivity contribution >= 4 is 12.2 Å². The fraction of sp³-hybridized carbons (Fsp3) is 0.333. The van der Waals surface area contributed by atoms with E-state index in [9.17, 15) is 10.2 Å². The van der Waals surface area contributed by atoms with Gasteiger partial charge in [-0.25, -0.2) is 0 Å². The van der Waals surface area contributed by atoms with E-state index in [1.165, 1.54) is 12.1 Å². The highest BCUT2D eigenvalue weighted by atomic mass is 16.5. The van der Waals surface area contributed by atoms with E-state index >= 15 is 0 Å². The summed E-state index contributed by atoms with van der Waals surface area (Å²) in [4.78, 5) is 4.26. The Bertz CT molecular complexity index is 591. The molecule has 1 aromatic carbocycles. The maximum Gasteiger partial charge on any atom is 0.250 e. The van der Waals surface area contributed by atoms with Gasteiger partial charge in [-0.3, -0.25) is 0 Å². The zero-order valence-corrected chi connectivity index (χ0v) is 11.4. The van der Waals surface area contributed by atoms with Gasteiger partial charge < -0.3 is 14.7 Å². The zero-order chi connectivity index (χ0) is 14.4. The molecular formula is C15H18N2O3. The third-order valence-electron chi connectivity index (χ3n) is 2.91. The molecule has 0 bridgehead atoms. The van der Waals surface area contributed by atoms with E-state index in [4.69, 9.17) is 4.52 Å². The molecule has 0 aliphatic rings. The summed E-state index contributed by atoms with van der Waals surface area (Å²) >= 11 is 0. The van der Waals surface area contributed by atoms with Crippen LogP contribution in [0.2, 0.25) is 0 Å². The monoisotopic (exact) mass is 274 g/mol. The SMILES string of the molecule is CCCCCc1noc(C=Cc2ccc(O)c(O)c2)n1. The Morgan fingerprint density at radius 2 is 2.00 bits per heavy atom. The Kier molecular flexibility index (Phi) is 4.76. The number of phenols is 2. The van der Waals surface area contributed by atoms with Crippen LogP contribution in [0.1, 0.15) is 43.5 Å². The van der Waals surface area contributed by atoms with Crippen molar-refractivity contribution in [2.45, 2.75) is 32.6 Å². The summed E-state index contributed by atoms with van der Waals surface area (Å²) in [5, 5.41) is 22.5. The van der Waals surface area contributed by atoms with Gasteiger partial charge in [-0.15, -0.1) is 0 Å². The molecule has 0 aliphatic heterocycles. The molecule has 0 spiro atoms. The minimum absolute atomic E-state index is 0.141. The average Bonchev–Trinajstić information content (AvgIpc) is 2.88. The molecule has 1 heterocycles. The fourth-order valence-corrected chi connectivity index (χ4v) is 1.78. The Morgan fingerprint density at radius 3 is 2.75 bits per heavy atom. The minimum atomic E-state index is -0.155. The Hall–Kier alpha value is -2.30. The van der Waals surface area contributed by atoms with Crippen LogP contribution in [0.5, 0.6) is 11.5 Å². The first-order valence-electron chi connectivity index (χ1n) is 6.71. The van der Waals surface area contributed by atoms with Crippen molar-refractivity contribution in [3.05, 3.63) is 35.5 Å². The van der Waals surface area contributed by atoms with Crippen molar-refractivity contribution in [1.29, 1.82) is 0 Å². The molecule has 5 nitrogen and oxygen atoms in total. The number of hydrogen-bond acceptors (Lipinski definition) is 5. The van der Waals surface area contributed by atoms with Gasteiger partial charge in [0.2, 0.25) is 0 Å². The molecule has 2 rings (SSSR count). The van der Waals surface area contributed by atoms with Gasteiger partial charge >= 0.3 is 0 Å². The van der Waals surface area contributed by atoms with Crippen LogP contribution in [0, 0.1) is 0 Å². The summed E-state index contributed by atoms with van der Waals surface area (Å²) in [6.07, 6.45) is 7.63. The second-order valence-electron chi connectivity index (χ2n) is 4.59. The lowest BCUT2D eigenvalue weighted by molar-refractivity contribution is 0.402. The number of aryl methyl sites for hydroxylation is 1. The number of benzene rings is 1. The first kappa shape index (κ1) is 14.1. The Morgan fingerprint density at radius 1 is 1.15 bits per heavy atom. The molecule has 0 aliphatic carbocycles. The van der Waals surface area contributed by atoms with Crippen LogP contribution in [0.4, 0.5) is 0 Å². The first-order valence-corrected chi connectivity index (χ1v) is 6.71. The Labute approximate surface area is 117 Å². The van der Waals surface area contributed by atoms with E-state index in [0.717, 1.165) is 31.2 Å². The predicted octanol–water partition coefficient (Wildman–Crippen LogP) is 3.38. The van der Waals surface area contributed by atoms with Crippen LogP contribution in [-0.2, 0) is 6.42 Å². The number of nitrogens with zero attached hydrogens (tertiary/aromatic N) is 2. The van der Waals surface area contributed by atoms with Crippen molar-refractivity contribution in [3.63, 3.8) is 0 Å². The summed E-state index contributed by atoms with van der Waals surface area (Å²) in [6.45, 7) is 2.15.